The van der Waals surface area contributed by atoms with Crippen LogP contribution in [0.15, 0.2) is 46.0 Å². The van der Waals surface area contributed by atoms with E-state index in [4.69, 9.17) is 21.3 Å². The van der Waals surface area contributed by atoms with Crippen LogP contribution >= 0.6 is 22.9 Å². The number of nitrogens with one attached hydrogen (secondary N) is 1. The van der Waals surface area contributed by atoms with Crippen molar-refractivity contribution in [3.05, 3.63) is 62.5 Å². The number of benzene rings is 1. The smallest absolute Gasteiger partial charge is 0.338 e. The van der Waals surface area contributed by atoms with Crippen molar-refractivity contribution in [2.24, 2.45) is 4.99 Å². The summed E-state index contributed by atoms with van der Waals surface area (Å²) in [5.41, 5.74) is -0.312. The number of thiazole rings is 1. The molecule has 11 nitrogen and oxygen atoms in total. The first-order valence-corrected chi connectivity index (χ1v) is 14.4. The van der Waals surface area contributed by atoms with Crippen LogP contribution < -0.4 is 5.32 Å². The zero-order valence-corrected chi connectivity index (χ0v) is 24.3. The number of hydrogen-bond acceptors (Lipinski definition) is 9. The van der Waals surface area contributed by atoms with E-state index < -0.39 is 29.3 Å². The number of hydrogen-bond donors (Lipinski definition) is 2. The number of carboxylic acid groups (broad SMARTS) is 1. The Morgan fingerprint density at radius 2 is 2.07 bits per heavy atom. The molecule has 0 radical (unpaired) electrons. The van der Waals surface area contributed by atoms with Crippen LogP contribution in [0.2, 0.25) is 5.02 Å². The predicted octanol–water partition coefficient (Wildman–Crippen LogP) is 3.13. The molecule has 0 aliphatic carbocycles. The van der Waals surface area contributed by atoms with Gasteiger partial charge in [-0.1, -0.05) is 23.7 Å². The highest BCUT2D eigenvalue weighted by atomic mass is 35.5. The molecule has 2 atom stereocenters. The average Bonchev–Trinajstić information content (AvgIpc) is 3.58. The maximum Gasteiger partial charge on any atom is 0.338 e. The molecular formula is C27H30ClFN6O5S. The number of halogens is 2. The van der Waals surface area contributed by atoms with E-state index in [1.54, 1.807) is 29.5 Å². The third-order valence-corrected chi connectivity index (χ3v) is 8.73. The molecule has 0 saturated carbocycles. The summed E-state index contributed by atoms with van der Waals surface area (Å²) in [6.45, 7) is 6.72. The SMILES string of the molecule is CCOC(=O)C1=C(CN2CCN3C(=O)N(C(C)(C)C(=O)O)C[C@@H]3C2)NC(c2nccs2)=N[C@H]1c1cccc(F)c1Cl. The molecule has 2 N–H and O–H groups in total. The number of carbonyl (C=O) groups excluding carboxylic acids is 2. The van der Waals surface area contributed by atoms with E-state index >= 15 is 0 Å². The lowest BCUT2D eigenvalue weighted by atomic mass is 9.95. The Hall–Kier alpha value is -3.55. The summed E-state index contributed by atoms with van der Waals surface area (Å²) in [4.78, 5) is 52.6. The van der Waals surface area contributed by atoms with Crippen molar-refractivity contribution in [3.63, 3.8) is 0 Å². The van der Waals surface area contributed by atoms with Crippen LogP contribution in [-0.2, 0) is 14.3 Å². The lowest BCUT2D eigenvalue weighted by Gasteiger charge is -2.38. The Morgan fingerprint density at radius 3 is 2.76 bits per heavy atom. The standard InChI is InChI=1S/C27H30ClFN6O5S/c1-4-40-24(36)19-18(14-33-9-10-34-15(12-33)13-35(26(34)39)27(2,3)25(37)38)31-22(23-30-8-11-41-23)32-21(19)16-6-5-7-17(29)20(16)28/h5-8,11,15,21H,4,9-10,12-14H2,1-3H3,(H,31,32)(H,37,38)/t15-,21-/m0/s1. The van der Waals surface area contributed by atoms with Crippen LogP contribution in [-0.4, -0.2) is 99.5 Å². The van der Waals surface area contributed by atoms with Crippen molar-refractivity contribution in [2.75, 3.05) is 39.3 Å². The number of fused-ring (bicyclic) bond motifs is 1. The number of urea groups is 1. The summed E-state index contributed by atoms with van der Waals surface area (Å²) in [5.74, 6) is -1.90. The summed E-state index contributed by atoms with van der Waals surface area (Å²) in [6.07, 6.45) is 1.64. The first kappa shape index (κ1) is 29.0. The van der Waals surface area contributed by atoms with Gasteiger partial charge in [-0.3, -0.25) is 9.89 Å². The van der Waals surface area contributed by atoms with Gasteiger partial charge in [-0.25, -0.2) is 23.8 Å². The summed E-state index contributed by atoms with van der Waals surface area (Å²) >= 11 is 7.74. The molecule has 2 aromatic rings. The lowest BCUT2D eigenvalue weighted by molar-refractivity contribution is -0.147. The molecule has 2 amide bonds. The molecule has 2 saturated heterocycles. The van der Waals surface area contributed by atoms with Crippen LogP contribution in [0.3, 0.4) is 0 Å². The first-order chi connectivity index (χ1) is 19.5. The zero-order chi connectivity index (χ0) is 29.5. The molecule has 218 valence electrons. The highest BCUT2D eigenvalue weighted by Gasteiger charge is 2.49. The van der Waals surface area contributed by atoms with Crippen LogP contribution in [0.25, 0.3) is 0 Å². The van der Waals surface area contributed by atoms with Gasteiger partial charge in [0.15, 0.2) is 10.8 Å². The van der Waals surface area contributed by atoms with E-state index in [-0.39, 0.29) is 42.4 Å². The Labute approximate surface area is 245 Å². The minimum atomic E-state index is -1.35. The van der Waals surface area contributed by atoms with Crippen LogP contribution in [0.5, 0.6) is 0 Å². The second-order valence-corrected chi connectivity index (χ2v) is 11.7. The largest absolute Gasteiger partial charge is 0.480 e. The minimum absolute atomic E-state index is 0.125. The predicted molar refractivity (Wildman–Crippen MR) is 150 cm³/mol. The number of aromatic nitrogens is 1. The number of piperazine rings is 1. The van der Waals surface area contributed by atoms with Gasteiger partial charge in [0.2, 0.25) is 0 Å². The lowest BCUT2D eigenvalue weighted by Crippen LogP contribution is -2.54. The van der Waals surface area contributed by atoms with Crippen molar-refractivity contribution in [1.29, 1.82) is 0 Å². The quantitative estimate of drug-likeness (QED) is 0.440. The summed E-state index contributed by atoms with van der Waals surface area (Å²) in [7, 11) is 0. The van der Waals surface area contributed by atoms with Crippen molar-refractivity contribution in [3.8, 4) is 0 Å². The fourth-order valence-corrected chi connectivity index (χ4v) is 6.11. The summed E-state index contributed by atoms with van der Waals surface area (Å²) in [6, 6.07) is 2.90. The van der Waals surface area contributed by atoms with Crippen molar-refractivity contribution < 1.29 is 28.6 Å². The Kier molecular flexibility index (Phi) is 8.04. The summed E-state index contributed by atoms with van der Waals surface area (Å²) < 4.78 is 20.0. The van der Waals surface area contributed by atoms with Crippen molar-refractivity contribution in [2.45, 2.75) is 38.4 Å². The number of amides is 2. The Bertz CT molecular complexity index is 1430. The van der Waals surface area contributed by atoms with Gasteiger partial charge in [-0.05, 0) is 26.8 Å². The van der Waals surface area contributed by atoms with E-state index in [1.165, 1.54) is 42.2 Å². The molecule has 3 aliphatic heterocycles. The molecule has 3 aliphatic rings. The molecule has 5 rings (SSSR count). The zero-order valence-electron chi connectivity index (χ0n) is 22.8. The van der Waals surface area contributed by atoms with Gasteiger partial charge in [0.25, 0.3) is 0 Å². The number of esters is 1. The van der Waals surface area contributed by atoms with E-state index in [9.17, 15) is 23.9 Å². The number of aliphatic imine (C=N–C) groups is 1. The molecule has 1 aromatic heterocycles. The fourth-order valence-electron chi connectivity index (χ4n) is 5.30. The number of carboxylic acids is 1. The minimum Gasteiger partial charge on any atom is -0.480 e. The van der Waals surface area contributed by atoms with E-state index in [2.05, 4.69) is 15.2 Å². The fraction of sp³-hybridized carbons (Fsp3) is 0.444. The molecule has 0 bridgehead atoms. The topological polar surface area (TPSA) is 128 Å². The number of amidine groups is 1. The van der Waals surface area contributed by atoms with Crippen molar-refractivity contribution >= 4 is 46.7 Å². The number of carbonyl (C=O) groups is 3. The van der Waals surface area contributed by atoms with Gasteiger partial charge in [-0.15, -0.1) is 11.3 Å². The van der Waals surface area contributed by atoms with E-state index in [0.29, 0.717) is 41.7 Å². The molecule has 41 heavy (non-hydrogen) atoms. The van der Waals surface area contributed by atoms with Crippen LogP contribution in [0, 0.1) is 5.82 Å². The highest BCUT2D eigenvalue weighted by molar-refractivity contribution is 7.11. The molecular weight excluding hydrogens is 575 g/mol. The van der Waals surface area contributed by atoms with Crippen LogP contribution in [0.4, 0.5) is 9.18 Å². The first-order valence-electron chi connectivity index (χ1n) is 13.2. The van der Waals surface area contributed by atoms with Crippen LogP contribution in [0.1, 0.15) is 37.4 Å². The number of rotatable bonds is 8. The monoisotopic (exact) mass is 604 g/mol. The third kappa shape index (κ3) is 5.41. The van der Waals surface area contributed by atoms with E-state index in [0.717, 1.165) is 0 Å². The summed E-state index contributed by atoms with van der Waals surface area (Å²) in [5, 5.41) is 15.2. The molecule has 2 fully saturated rings. The molecule has 1 aromatic carbocycles. The Morgan fingerprint density at radius 1 is 1.29 bits per heavy atom. The molecule has 0 spiro atoms. The van der Waals surface area contributed by atoms with Gasteiger partial charge in [0.05, 0.1) is 23.2 Å². The average molecular weight is 605 g/mol. The second kappa shape index (κ2) is 11.4. The van der Waals surface area contributed by atoms with Crippen molar-refractivity contribution in [1.82, 2.24) is 25.0 Å². The highest BCUT2D eigenvalue weighted by Crippen LogP contribution is 2.38. The maximum absolute atomic E-state index is 14.6. The van der Waals surface area contributed by atoms with Gasteiger partial charge in [0, 0.05) is 55.6 Å². The van der Waals surface area contributed by atoms with E-state index in [1.807, 2.05) is 0 Å². The molecule has 14 heteroatoms. The number of ether oxygens (including phenoxy) is 1. The van der Waals surface area contributed by atoms with Gasteiger partial charge in [-0.2, -0.15) is 0 Å². The number of aliphatic carboxylic acids is 1. The second-order valence-electron chi connectivity index (χ2n) is 10.4. The molecule has 4 heterocycles. The Balaban J connectivity index is 1.49. The maximum atomic E-state index is 14.6. The normalized spacial score (nSPS) is 21.5. The number of nitrogens with zero attached hydrogens (tertiary/aromatic N) is 5. The van der Waals surface area contributed by atoms with Gasteiger partial charge in [0.1, 0.15) is 17.4 Å². The van der Waals surface area contributed by atoms with Gasteiger partial charge < -0.3 is 25.0 Å². The van der Waals surface area contributed by atoms with Gasteiger partial charge >= 0.3 is 18.0 Å². The third-order valence-electron chi connectivity index (χ3n) is 7.55. The molecule has 0 unspecified atom stereocenters.